The van der Waals surface area contributed by atoms with Gasteiger partial charge in [-0.15, -0.1) is 0 Å². The van der Waals surface area contributed by atoms with Gasteiger partial charge in [0.05, 0.1) is 17.6 Å². The molecule has 1 saturated heterocycles. The van der Waals surface area contributed by atoms with Crippen molar-refractivity contribution in [1.82, 2.24) is 5.32 Å². The van der Waals surface area contributed by atoms with Gasteiger partial charge in [-0.05, 0) is 57.8 Å². The fourth-order valence-electron chi connectivity index (χ4n) is 4.43. The van der Waals surface area contributed by atoms with Crippen LogP contribution in [0.3, 0.4) is 0 Å². The van der Waals surface area contributed by atoms with Gasteiger partial charge in [-0.3, -0.25) is 4.79 Å². The number of nitrogens with one attached hydrogen (secondary N) is 1. The molecule has 1 aliphatic heterocycles. The van der Waals surface area contributed by atoms with Crippen LogP contribution in [0.1, 0.15) is 46.0 Å². The van der Waals surface area contributed by atoms with E-state index in [-0.39, 0.29) is 23.7 Å². The van der Waals surface area contributed by atoms with Crippen LogP contribution in [0.4, 0.5) is 0 Å². The summed E-state index contributed by atoms with van der Waals surface area (Å²) in [4.78, 5) is 11.4. The smallest absolute Gasteiger partial charge is 0.308 e. The summed E-state index contributed by atoms with van der Waals surface area (Å²) in [6, 6.07) is 0.170. The van der Waals surface area contributed by atoms with Crippen LogP contribution in [-0.2, 0) is 9.53 Å². The van der Waals surface area contributed by atoms with Crippen molar-refractivity contribution in [3.8, 4) is 0 Å². The van der Waals surface area contributed by atoms with Crippen molar-refractivity contribution < 1.29 is 14.6 Å². The minimum Gasteiger partial charge on any atom is -0.481 e. The lowest BCUT2D eigenvalue weighted by Gasteiger charge is -2.30. The van der Waals surface area contributed by atoms with Crippen molar-refractivity contribution in [2.45, 2.75) is 63.7 Å². The van der Waals surface area contributed by atoms with Crippen LogP contribution >= 0.6 is 0 Å². The van der Waals surface area contributed by atoms with Gasteiger partial charge in [0.2, 0.25) is 0 Å². The third kappa shape index (κ3) is 2.52. The second kappa shape index (κ2) is 4.74. The highest BCUT2D eigenvalue weighted by molar-refractivity contribution is 5.72. The molecule has 0 radical (unpaired) electrons. The Bertz CT molecular complexity index is 368. The summed E-state index contributed by atoms with van der Waals surface area (Å²) in [5.74, 6) is 0.187. The Morgan fingerprint density at radius 1 is 1.32 bits per heavy atom. The van der Waals surface area contributed by atoms with Crippen molar-refractivity contribution in [2.75, 3.05) is 6.54 Å². The van der Waals surface area contributed by atoms with E-state index in [1.807, 2.05) is 0 Å². The first kappa shape index (κ1) is 13.4. The van der Waals surface area contributed by atoms with Crippen LogP contribution in [0.2, 0.25) is 0 Å². The molecule has 3 fully saturated rings. The number of carboxylic acid groups (broad SMARTS) is 1. The van der Waals surface area contributed by atoms with Gasteiger partial charge in [0.1, 0.15) is 0 Å². The molecule has 4 heteroatoms. The summed E-state index contributed by atoms with van der Waals surface area (Å²) < 4.78 is 5.97. The zero-order chi connectivity index (χ0) is 13.6. The van der Waals surface area contributed by atoms with Crippen molar-refractivity contribution in [1.29, 1.82) is 0 Å². The fraction of sp³-hybridized carbons (Fsp3) is 0.933. The van der Waals surface area contributed by atoms with Crippen LogP contribution < -0.4 is 5.32 Å². The molecule has 3 rings (SSSR count). The number of hydrogen-bond acceptors (Lipinski definition) is 3. The van der Waals surface area contributed by atoms with E-state index in [0.717, 1.165) is 32.2 Å². The number of carbonyl (C=O) groups is 1. The van der Waals surface area contributed by atoms with E-state index < -0.39 is 5.97 Å². The molecule has 0 aromatic rings. The van der Waals surface area contributed by atoms with Gasteiger partial charge >= 0.3 is 5.97 Å². The molecule has 5 atom stereocenters. The molecule has 1 heterocycles. The zero-order valence-electron chi connectivity index (χ0n) is 11.9. The standard InChI is InChI=1S/C15H25NO3/c1-15(2)6-5-11(19-15)8-16-13-10-4-3-9(7-10)12(13)14(17)18/h9-13,16H,3-8H2,1-2H3,(H,17,18). The summed E-state index contributed by atoms with van der Waals surface area (Å²) >= 11 is 0. The quantitative estimate of drug-likeness (QED) is 0.818. The number of rotatable bonds is 4. The zero-order valence-corrected chi connectivity index (χ0v) is 11.9. The molecule has 2 N–H and O–H groups in total. The Morgan fingerprint density at radius 3 is 2.68 bits per heavy atom. The first-order valence-electron chi connectivity index (χ1n) is 7.60. The summed E-state index contributed by atoms with van der Waals surface area (Å²) in [5.41, 5.74) is -0.00672. The van der Waals surface area contributed by atoms with Gasteiger partial charge in [-0.25, -0.2) is 0 Å². The number of aliphatic carboxylic acids is 1. The van der Waals surface area contributed by atoms with Crippen LogP contribution in [0.5, 0.6) is 0 Å². The lowest BCUT2D eigenvalue weighted by molar-refractivity contribution is -0.144. The second-order valence-electron chi connectivity index (χ2n) is 7.17. The molecule has 2 bridgehead atoms. The molecule has 0 spiro atoms. The fourth-order valence-corrected chi connectivity index (χ4v) is 4.43. The van der Waals surface area contributed by atoms with E-state index in [9.17, 15) is 9.90 Å². The summed E-state index contributed by atoms with van der Waals surface area (Å²) in [5, 5.41) is 12.9. The molecule has 0 aromatic carbocycles. The summed E-state index contributed by atoms with van der Waals surface area (Å²) in [6.45, 7) is 5.07. The molecule has 3 aliphatic rings. The van der Waals surface area contributed by atoms with E-state index in [1.54, 1.807) is 0 Å². The number of fused-ring (bicyclic) bond motifs is 2. The Kier molecular flexibility index (Phi) is 3.34. The Balaban J connectivity index is 1.56. The predicted octanol–water partition coefficient (Wildman–Crippen LogP) is 2.03. The van der Waals surface area contributed by atoms with Gasteiger partial charge in [-0.1, -0.05) is 0 Å². The second-order valence-corrected chi connectivity index (χ2v) is 7.17. The first-order valence-corrected chi connectivity index (χ1v) is 7.60. The average Bonchev–Trinajstić information content (AvgIpc) is 2.99. The highest BCUT2D eigenvalue weighted by Crippen LogP contribution is 2.48. The van der Waals surface area contributed by atoms with Crippen LogP contribution in [0.15, 0.2) is 0 Å². The highest BCUT2D eigenvalue weighted by atomic mass is 16.5. The topological polar surface area (TPSA) is 58.6 Å². The Labute approximate surface area is 114 Å². The minimum absolute atomic E-state index is 0.00672. The number of hydrogen-bond donors (Lipinski definition) is 2. The third-order valence-electron chi connectivity index (χ3n) is 5.34. The maximum absolute atomic E-state index is 11.4. The van der Waals surface area contributed by atoms with Gasteiger partial charge < -0.3 is 15.2 Å². The Hall–Kier alpha value is -0.610. The van der Waals surface area contributed by atoms with Crippen molar-refractivity contribution in [3.63, 3.8) is 0 Å². The maximum atomic E-state index is 11.4. The maximum Gasteiger partial charge on any atom is 0.308 e. The number of ether oxygens (including phenoxy) is 1. The molecule has 5 unspecified atom stereocenters. The molecule has 2 aliphatic carbocycles. The van der Waals surface area contributed by atoms with E-state index in [1.165, 1.54) is 6.42 Å². The van der Waals surface area contributed by atoms with Gasteiger partial charge in [0.25, 0.3) is 0 Å². The average molecular weight is 267 g/mol. The molecule has 108 valence electrons. The normalized spacial score (nSPS) is 43.8. The van der Waals surface area contributed by atoms with E-state index in [2.05, 4.69) is 19.2 Å². The number of carboxylic acids is 1. The van der Waals surface area contributed by atoms with Crippen LogP contribution in [0.25, 0.3) is 0 Å². The van der Waals surface area contributed by atoms with Gasteiger partial charge in [0, 0.05) is 12.6 Å². The molecular formula is C15H25NO3. The molecule has 0 aromatic heterocycles. The van der Waals surface area contributed by atoms with Crippen molar-refractivity contribution >= 4 is 5.97 Å². The summed E-state index contributed by atoms with van der Waals surface area (Å²) in [6.07, 6.45) is 5.84. The Morgan fingerprint density at radius 2 is 2.05 bits per heavy atom. The van der Waals surface area contributed by atoms with E-state index >= 15 is 0 Å². The van der Waals surface area contributed by atoms with Gasteiger partial charge in [0.15, 0.2) is 0 Å². The van der Waals surface area contributed by atoms with Crippen molar-refractivity contribution in [3.05, 3.63) is 0 Å². The predicted molar refractivity (Wildman–Crippen MR) is 71.9 cm³/mol. The first-order chi connectivity index (χ1) is 8.96. The molecule has 0 amide bonds. The summed E-state index contributed by atoms with van der Waals surface area (Å²) in [7, 11) is 0. The minimum atomic E-state index is -0.614. The highest BCUT2D eigenvalue weighted by Gasteiger charge is 2.51. The monoisotopic (exact) mass is 267 g/mol. The lowest BCUT2D eigenvalue weighted by atomic mass is 9.84. The largest absolute Gasteiger partial charge is 0.481 e. The molecule has 19 heavy (non-hydrogen) atoms. The molecular weight excluding hydrogens is 242 g/mol. The van der Waals surface area contributed by atoms with E-state index in [0.29, 0.717) is 11.8 Å². The molecule has 2 saturated carbocycles. The third-order valence-corrected chi connectivity index (χ3v) is 5.34. The van der Waals surface area contributed by atoms with Crippen LogP contribution in [0, 0.1) is 17.8 Å². The van der Waals surface area contributed by atoms with Gasteiger partial charge in [-0.2, -0.15) is 0 Å². The lowest BCUT2D eigenvalue weighted by Crippen LogP contribution is -2.46. The van der Waals surface area contributed by atoms with Crippen LogP contribution in [-0.4, -0.2) is 35.4 Å². The van der Waals surface area contributed by atoms with E-state index in [4.69, 9.17) is 4.74 Å². The van der Waals surface area contributed by atoms with Crippen molar-refractivity contribution in [2.24, 2.45) is 17.8 Å². The SMILES string of the molecule is CC1(C)CCC(CNC2C3CCC(C3)C2C(=O)O)O1. The molecule has 4 nitrogen and oxygen atoms in total.